The summed E-state index contributed by atoms with van der Waals surface area (Å²) in [6.07, 6.45) is 5.29. The van der Waals surface area contributed by atoms with E-state index in [1.165, 1.54) is 0 Å². The van der Waals surface area contributed by atoms with Crippen molar-refractivity contribution in [3.05, 3.63) is 47.0 Å². The van der Waals surface area contributed by atoms with Crippen LogP contribution in [0.25, 0.3) is 0 Å². The Morgan fingerprint density at radius 1 is 1.24 bits per heavy atom. The zero-order chi connectivity index (χ0) is 18.2. The van der Waals surface area contributed by atoms with Gasteiger partial charge in [0.1, 0.15) is 0 Å². The highest BCUT2D eigenvalue weighted by Crippen LogP contribution is 2.22. The second-order valence-corrected chi connectivity index (χ2v) is 6.80. The maximum absolute atomic E-state index is 12.8. The Balaban J connectivity index is 1.97. The van der Waals surface area contributed by atoms with Crippen LogP contribution >= 0.6 is 0 Å². The maximum atomic E-state index is 12.8. The SMILES string of the molecule is CC(C)=CC(=O)NCc1ccc(C(=O)N2CCCCC2CCO)cc1. The molecule has 0 saturated carbocycles. The van der Waals surface area contributed by atoms with Crippen molar-refractivity contribution < 1.29 is 14.7 Å². The van der Waals surface area contributed by atoms with Crippen molar-refractivity contribution in [2.24, 2.45) is 0 Å². The molecule has 0 aliphatic carbocycles. The Bertz CT molecular complexity index is 616. The minimum Gasteiger partial charge on any atom is -0.396 e. The van der Waals surface area contributed by atoms with Gasteiger partial charge in [-0.3, -0.25) is 9.59 Å². The van der Waals surface area contributed by atoms with E-state index in [9.17, 15) is 14.7 Å². The minimum atomic E-state index is -0.111. The first kappa shape index (κ1) is 19.2. The molecule has 0 radical (unpaired) electrons. The van der Waals surface area contributed by atoms with E-state index in [2.05, 4.69) is 5.32 Å². The molecule has 136 valence electrons. The number of hydrogen-bond acceptors (Lipinski definition) is 3. The zero-order valence-electron chi connectivity index (χ0n) is 15.1. The average molecular weight is 344 g/mol. The van der Waals surface area contributed by atoms with Crippen LogP contribution in [0.4, 0.5) is 0 Å². The third-order valence-electron chi connectivity index (χ3n) is 4.44. The summed E-state index contributed by atoms with van der Waals surface area (Å²) < 4.78 is 0. The van der Waals surface area contributed by atoms with Crippen molar-refractivity contribution >= 4 is 11.8 Å². The Morgan fingerprint density at radius 3 is 2.60 bits per heavy atom. The van der Waals surface area contributed by atoms with Gasteiger partial charge in [0.2, 0.25) is 5.91 Å². The molecule has 2 rings (SSSR count). The summed E-state index contributed by atoms with van der Waals surface area (Å²) in [6.45, 7) is 5.06. The highest BCUT2D eigenvalue weighted by Gasteiger charge is 2.26. The lowest BCUT2D eigenvalue weighted by Crippen LogP contribution is -2.44. The lowest BCUT2D eigenvalue weighted by Gasteiger charge is -2.35. The van der Waals surface area contributed by atoms with Crippen molar-refractivity contribution in [2.45, 2.75) is 52.1 Å². The van der Waals surface area contributed by atoms with Crippen LogP contribution in [-0.2, 0) is 11.3 Å². The molecule has 0 bridgehead atoms. The molecule has 0 aromatic heterocycles. The summed E-state index contributed by atoms with van der Waals surface area (Å²) in [5.41, 5.74) is 2.57. The zero-order valence-corrected chi connectivity index (χ0v) is 15.1. The number of likely N-dealkylation sites (tertiary alicyclic amines) is 1. The number of aliphatic hydroxyl groups is 1. The summed E-state index contributed by atoms with van der Waals surface area (Å²) in [4.78, 5) is 26.3. The second kappa shape index (κ2) is 9.37. The standard InChI is InChI=1S/C20H28N2O3/c1-15(2)13-19(24)21-14-16-6-8-17(9-7-16)20(25)22-11-4-3-5-18(22)10-12-23/h6-9,13,18,23H,3-5,10-12,14H2,1-2H3,(H,21,24). The van der Waals surface area contributed by atoms with Crippen molar-refractivity contribution in [3.8, 4) is 0 Å². The van der Waals surface area contributed by atoms with Gasteiger partial charge in [0.25, 0.3) is 5.91 Å². The molecule has 25 heavy (non-hydrogen) atoms. The fourth-order valence-electron chi connectivity index (χ4n) is 3.15. The van der Waals surface area contributed by atoms with Gasteiger partial charge in [-0.15, -0.1) is 0 Å². The van der Waals surface area contributed by atoms with E-state index in [0.717, 1.165) is 36.9 Å². The van der Waals surface area contributed by atoms with Crippen LogP contribution in [0, 0.1) is 0 Å². The lowest BCUT2D eigenvalue weighted by atomic mass is 9.98. The fraction of sp³-hybridized carbons (Fsp3) is 0.500. The van der Waals surface area contributed by atoms with Gasteiger partial charge in [0, 0.05) is 37.4 Å². The number of hydrogen-bond donors (Lipinski definition) is 2. The molecule has 1 unspecified atom stereocenters. The van der Waals surface area contributed by atoms with E-state index in [0.29, 0.717) is 18.5 Å². The molecule has 1 aliphatic rings. The van der Waals surface area contributed by atoms with Crippen LogP contribution in [0.5, 0.6) is 0 Å². The first-order valence-corrected chi connectivity index (χ1v) is 8.94. The lowest BCUT2D eigenvalue weighted by molar-refractivity contribution is -0.116. The number of carbonyl (C=O) groups excluding carboxylic acids is 2. The normalized spacial score (nSPS) is 17.1. The number of benzene rings is 1. The van der Waals surface area contributed by atoms with E-state index in [-0.39, 0.29) is 24.5 Å². The van der Waals surface area contributed by atoms with Crippen LogP contribution in [0.2, 0.25) is 0 Å². The van der Waals surface area contributed by atoms with Crippen LogP contribution in [0.3, 0.4) is 0 Å². The molecular weight excluding hydrogens is 316 g/mol. The van der Waals surface area contributed by atoms with Gasteiger partial charge in [-0.1, -0.05) is 17.7 Å². The molecule has 1 fully saturated rings. The summed E-state index contributed by atoms with van der Waals surface area (Å²) >= 11 is 0. The quantitative estimate of drug-likeness (QED) is 0.780. The van der Waals surface area contributed by atoms with Crippen LogP contribution in [0.15, 0.2) is 35.9 Å². The van der Waals surface area contributed by atoms with Crippen LogP contribution in [0.1, 0.15) is 55.5 Å². The maximum Gasteiger partial charge on any atom is 0.254 e. The Kier molecular flexibility index (Phi) is 7.19. The summed E-state index contributed by atoms with van der Waals surface area (Å²) in [6, 6.07) is 7.52. The van der Waals surface area contributed by atoms with Gasteiger partial charge in [-0.25, -0.2) is 0 Å². The van der Waals surface area contributed by atoms with Gasteiger partial charge in [-0.2, -0.15) is 0 Å². The predicted octanol–water partition coefficient (Wildman–Crippen LogP) is 2.65. The molecular formula is C20H28N2O3. The van der Waals surface area contributed by atoms with E-state index in [1.54, 1.807) is 6.08 Å². The van der Waals surface area contributed by atoms with Crippen LogP contribution in [-0.4, -0.2) is 41.0 Å². The molecule has 1 saturated heterocycles. The third-order valence-corrected chi connectivity index (χ3v) is 4.44. The molecule has 1 heterocycles. The smallest absolute Gasteiger partial charge is 0.254 e. The molecule has 1 aromatic rings. The monoisotopic (exact) mass is 344 g/mol. The van der Waals surface area contributed by atoms with Gasteiger partial charge in [0.15, 0.2) is 0 Å². The third kappa shape index (κ3) is 5.71. The van der Waals surface area contributed by atoms with Crippen molar-refractivity contribution in [1.29, 1.82) is 0 Å². The van der Waals surface area contributed by atoms with Gasteiger partial charge in [-0.05, 0) is 57.2 Å². The molecule has 2 N–H and O–H groups in total. The Labute approximate surface area is 149 Å². The number of piperidine rings is 1. The number of aliphatic hydroxyl groups excluding tert-OH is 1. The van der Waals surface area contributed by atoms with Crippen molar-refractivity contribution in [2.75, 3.05) is 13.2 Å². The first-order chi connectivity index (χ1) is 12.0. The number of rotatable bonds is 6. The number of allylic oxidation sites excluding steroid dienone is 1. The molecule has 1 aromatic carbocycles. The second-order valence-electron chi connectivity index (χ2n) is 6.80. The molecule has 1 atom stereocenters. The summed E-state index contributed by atoms with van der Waals surface area (Å²) in [7, 11) is 0. The summed E-state index contributed by atoms with van der Waals surface area (Å²) in [5.74, 6) is -0.0846. The number of nitrogens with zero attached hydrogens (tertiary/aromatic N) is 1. The summed E-state index contributed by atoms with van der Waals surface area (Å²) in [5, 5.41) is 12.0. The Hall–Kier alpha value is -2.14. The molecule has 0 spiro atoms. The van der Waals surface area contributed by atoms with Gasteiger partial charge < -0.3 is 15.3 Å². The number of nitrogens with one attached hydrogen (secondary N) is 1. The number of amides is 2. The fourth-order valence-corrected chi connectivity index (χ4v) is 3.15. The van der Waals surface area contributed by atoms with Crippen molar-refractivity contribution in [1.82, 2.24) is 10.2 Å². The minimum absolute atomic E-state index is 0.0262. The largest absolute Gasteiger partial charge is 0.396 e. The van der Waals surface area contributed by atoms with Crippen molar-refractivity contribution in [3.63, 3.8) is 0 Å². The molecule has 5 nitrogen and oxygen atoms in total. The van der Waals surface area contributed by atoms with Gasteiger partial charge >= 0.3 is 0 Å². The highest BCUT2D eigenvalue weighted by atomic mass is 16.3. The van der Waals surface area contributed by atoms with Crippen LogP contribution < -0.4 is 5.32 Å². The van der Waals surface area contributed by atoms with E-state index < -0.39 is 0 Å². The van der Waals surface area contributed by atoms with E-state index in [4.69, 9.17) is 0 Å². The number of carbonyl (C=O) groups is 2. The molecule has 5 heteroatoms. The van der Waals surface area contributed by atoms with E-state index >= 15 is 0 Å². The molecule has 1 aliphatic heterocycles. The predicted molar refractivity (Wildman–Crippen MR) is 98.1 cm³/mol. The van der Waals surface area contributed by atoms with E-state index in [1.807, 2.05) is 43.0 Å². The first-order valence-electron chi connectivity index (χ1n) is 8.94. The van der Waals surface area contributed by atoms with Gasteiger partial charge in [0.05, 0.1) is 0 Å². The Morgan fingerprint density at radius 2 is 1.96 bits per heavy atom. The highest BCUT2D eigenvalue weighted by molar-refractivity contribution is 5.94. The topological polar surface area (TPSA) is 69.6 Å². The average Bonchev–Trinajstić information content (AvgIpc) is 2.60. The molecule has 2 amide bonds.